The van der Waals surface area contributed by atoms with Gasteiger partial charge in [0.2, 0.25) is 0 Å². The number of rotatable bonds is 5. The van der Waals surface area contributed by atoms with Crippen molar-refractivity contribution in [3.8, 4) is 11.4 Å². The van der Waals surface area contributed by atoms with Gasteiger partial charge in [0.25, 0.3) is 0 Å². The van der Waals surface area contributed by atoms with Crippen LogP contribution in [-0.4, -0.2) is 36.1 Å². The number of piperazine rings is 1. The van der Waals surface area contributed by atoms with Crippen LogP contribution in [0.15, 0.2) is 54.6 Å². The minimum absolute atomic E-state index is 0.832. The molecule has 1 aliphatic heterocycles. The highest BCUT2D eigenvalue weighted by Gasteiger charge is 2.21. The number of benzene rings is 2. The molecule has 1 aliphatic rings. The van der Waals surface area contributed by atoms with E-state index in [1.165, 1.54) is 16.7 Å². The quantitative estimate of drug-likeness (QED) is 0.735. The fourth-order valence-corrected chi connectivity index (χ4v) is 3.76. The Labute approximate surface area is 167 Å². The van der Waals surface area contributed by atoms with Crippen LogP contribution in [0.5, 0.6) is 0 Å². The lowest BCUT2D eigenvalue weighted by Crippen LogP contribution is -2.44. The number of hydrogen-bond acceptors (Lipinski definition) is 4. The Kier molecular flexibility index (Phi) is 5.68. The standard InChI is InChI=1S/C24H28N4/c1-3-22-21(17-19-11-9-18(2)10-12-19)24(28-15-13-25-14-16-28)27-23(26-22)20-7-5-4-6-8-20/h4-12,25H,3,13-17H2,1-2H3. The molecule has 2 aromatic carbocycles. The number of anilines is 1. The summed E-state index contributed by atoms with van der Waals surface area (Å²) < 4.78 is 0. The molecule has 2 heterocycles. The van der Waals surface area contributed by atoms with Gasteiger partial charge < -0.3 is 10.2 Å². The maximum Gasteiger partial charge on any atom is 0.161 e. The number of hydrogen-bond donors (Lipinski definition) is 1. The summed E-state index contributed by atoms with van der Waals surface area (Å²) in [5.74, 6) is 1.94. The molecule has 1 saturated heterocycles. The van der Waals surface area contributed by atoms with Gasteiger partial charge in [0.05, 0.1) is 0 Å². The highest BCUT2D eigenvalue weighted by molar-refractivity contribution is 5.61. The van der Waals surface area contributed by atoms with Crippen LogP contribution in [0.1, 0.15) is 29.3 Å². The van der Waals surface area contributed by atoms with Crippen LogP contribution in [0.4, 0.5) is 5.82 Å². The number of nitrogens with zero attached hydrogens (tertiary/aromatic N) is 3. The van der Waals surface area contributed by atoms with E-state index in [1.54, 1.807) is 0 Å². The zero-order chi connectivity index (χ0) is 19.3. The molecule has 0 unspecified atom stereocenters. The molecule has 28 heavy (non-hydrogen) atoms. The Morgan fingerprint density at radius 2 is 1.64 bits per heavy atom. The van der Waals surface area contributed by atoms with Crippen LogP contribution in [0.25, 0.3) is 11.4 Å². The van der Waals surface area contributed by atoms with Crippen molar-refractivity contribution in [1.82, 2.24) is 15.3 Å². The number of aryl methyl sites for hydroxylation is 2. The largest absolute Gasteiger partial charge is 0.354 e. The summed E-state index contributed by atoms with van der Waals surface area (Å²) in [5.41, 5.74) is 6.11. The van der Waals surface area contributed by atoms with Gasteiger partial charge in [-0.2, -0.15) is 0 Å². The molecule has 0 bridgehead atoms. The Hall–Kier alpha value is -2.72. The van der Waals surface area contributed by atoms with E-state index >= 15 is 0 Å². The van der Waals surface area contributed by atoms with Gasteiger partial charge >= 0.3 is 0 Å². The summed E-state index contributed by atoms with van der Waals surface area (Å²) in [6, 6.07) is 19.1. The first-order chi connectivity index (χ1) is 13.7. The van der Waals surface area contributed by atoms with Gasteiger partial charge in [-0.1, -0.05) is 67.1 Å². The van der Waals surface area contributed by atoms with E-state index in [-0.39, 0.29) is 0 Å². The average Bonchev–Trinajstić information content (AvgIpc) is 2.76. The summed E-state index contributed by atoms with van der Waals surface area (Å²) in [5, 5.41) is 3.45. The van der Waals surface area contributed by atoms with E-state index in [0.29, 0.717) is 0 Å². The topological polar surface area (TPSA) is 41.1 Å². The summed E-state index contributed by atoms with van der Waals surface area (Å²) >= 11 is 0. The molecule has 4 heteroatoms. The summed E-state index contributed by atoms with van der Waals surface area (Å²) in [6.45, 7) is 8.28. The molecule has 0 aliphatic carbocycles. The average molecular weight is 373 g/mol. The lowest BCUT2D eigenvalue weighted by molar-refractivity contribution is 0.582. The number of nitrogens with one attached hydrogen (secondary N) is 1. The molecule has 4 nitrogen and oxygen atoms in total. The maximum absolute atomic E-state index is 5.08. The highest BCUT2D eigenvalue weighted by atomic mass is 15.2. The fraction of sp³-hybridized carbons (Fsp3) is 0.333. The second-order valence-electron chi connectivity index (χ2n) is 7.42. The molecule has 1 fully saturated rings. The van der Waals surface area contributed by atoms with Gasteiger partial charge in [-0.3, -0.25) is 0 Å². The molecular formula is C24H28N4. The van der Waals surface area contributed by atoms with Crippen molar-refractivity contribution < 1.29 is 0 Å². The minimum Gasteiger partial charge on any atom is -0.354 e. The Morgan fingerprint density at radius 3 is 2.32 bits per heavy atom. The Bertz CT molecular complexity index is 913. The van der Waals surface area contributed by atoms with Gasteiger partial charge in [-0.25, -0.2) is 9.97 Å². The van der Waals surface area contributed by atoms with E-state index in [2.05, 4.69) is 72.6 Å². The van der Waals surface area contributed by atoms with Crippen molar-refractivity contribution in [2.75, 3.05) is 31.1 Å². The third-order valence-corrected chi connectivity index (χ3v) is 5.36. The van der Waals surface area contributed by atoms with Crippen LogP contribution >= 0.6 is 0 Å². The summed E-state index contributed by atoms with van der Waals surface area (Å²) in [4.78, 5) is 12.5. The van der Waals surface area contributed by atoms with Gasteiger partial charge in [-0.05, 0) is 18.9 Å². The molecule has 0 spiro atoms. The first-order valence-electron chi connectivity index (χ1n) is 10.2. The third kappa shape index (κ3) is 4.07. The molecule has 0 amide bonds. The molecule has 1 aromatic heterocycles. The monoisotopic (exact) mass is 372 g/mol. The molecule has 4 rings (SSSR count). The normalized spacial score (nSPS) is 14.3. The molecule has 0 radical (unpaired) electrons. The second kappa shape index (κ2) is 8.53. The smallest absolute Gasteiger partial charge is 0.161 e. The molecule has 1 N–H and O–H groups in total. The first kappa shape index (κ1) is 18.6. The van der Waals surface area contributed by atoms with Gasteiger partial charge in [0, 0.05) is 49.4 Å². The minimum atomic E-state index is 0.832. The van der Waals surface area contributed by atoms with Crippen molar-refractivity contribution in [1.29, 1.82) is 0 Å². The van der Waals surface area contributed by atoms with Crippen molar-refractivity contribution in [3.05, 3.63) is 77.0 Å². The maximum atomic E-state index is 5.08. The molecule has 0 atom stereocenters. The lowest BCUT2D eigenvalue weighted by Gasteiger charge is -2.31. The predicted molar refractivity (Wildman–Crippen MR) is 116 cm³/mol. The summed E-state index contributed by atoms with van der Waals surface area (Å²) in [7, 11) is 0. The molecule has 144 valence electrons. The second-order valence-corrected chi connectivity index (χ2v) is 7.42. The van der Waals surface area contributed by atoms with Crippen molar-refractivity contribution in [2.45, 2.75) is 26.7 Å². The van der Waals surface area contributed by atoms with E-state index in [0.717, 1.165) is 61.9 Å². The van der Waals surface area contributed by atoms with E-state index in [4.69, 9.17) is 9.97 Å². The number of aromatic nitrogens is 2. The SMILES string of the molecule is CCc1nc(-c2ccccc2)nc(N2CCNCC2)c1Cc1ccc(C)cc1. The van der Waals surface area contributed by atoms with Gasteiger partial charge in [-0.15, -0.1) is 0 Å². The Balaban J connectivity index is 1.80. The van der Waals surface area contributed by atoms with Crippen molar-refractivity contribution in [3.63, 3.8) is 0 Å². The van der Waals surface area contributed by atoms with Gasteiger partial charge in [0.1, 0.15) is 5.82 Å². The van der Waals surface area contributed by atoms with E-state index in [1.807, 2.05) is 6.07 Å². The molecule has 0 saturated carbocycles. The van der Waals surface area contributed by atoms with Crippen LogP contribution < -0.4 is 10.2 Å². The van der Waals surface area contributed by atoms with Crippen molar-refractivity contribution in [2.24, 2.45) is 0 Å². The molecule has 3 aromatic rings. The highest BCUT2D eigenvalue weighted by Crippen LogP contribution is 2.28. The van der Waals surface area contributed by atoms with E-state index < -0.39 is 0 Å². The molecular weight excluding hydrogens is 344 g/mol. The third-order valence-electron chi connectivity index (χ3n) is 5.36. The fourth-order valence-electron chi connectivity index (χ4n) is 3.76. The van der Waals surface area contributed by atoms with Gasteiger partial charge in [0.15, 0.2) is 5.82 Å². The zero-order valence-corrected chi connectivity index (χ0v) is 16.8. The van der Waals surface area contributed by atoms with Crippen molar-refractivity contribution >= 4 is 5.82 Å². The summed E-state index contributed by atoms with van der Waals surface area (Å²) in [6.07, 6.45) is 1.78. The van der Waals surface area contributed by atoms with Crippen LogP contribution in [0.2, 0.25) is 0 Å². The van der Waals surface area contributed by atoms with Crippen LogP contribution in [0.3, 0.4) is 0 Å². The Morgan fingerprint density at radius 1 is 0.929 bits per heavy atom. The van der Waals surface area contributed by atoms with E-state index in [9.17, 15) is 0 Å². The first-order valence-corrected chi connectivity index (χ1v) is 10.2. The zero-order valence-electron chi connectivity index (χ0n) is 16.8. The lowest BCUT2D eigenvalue weighted by atomic mass is 10.0. The predicted octanol–water partition coefficient (Wildman–Crippen LogP) is 4.01. The van der Waals surface area contributed by atoms with Crippen LogP contribution in [-0.2, 0) is 12.8 Å². The van der Waals surface area contributed by atoms with Crippen LogP contribution in [0, 0.1) is 6.92 Å².